The Balaban J connectivity index is 2.12. The van der Waals surface area contributed by atoms with E-state index in [1.165, 1.54) is 4.90 Å². The zero-order valence-electron chi connectivity index (χ0n) is 12.9. The second kappa shape index (κ2) is 6.95. The van der Waals surface area contributed by atoms with Crippen LogP contribution in [0.5, 0.6) is 0 Å². The van der Waals surface area contributed by atoms with Gasteiger partial charge in [0.1, 0.15) is 11.6 Å². The van der Waals surface area contributed by atoms with E-state index in [-0.39, 0.29) is 12.5 Å². The van der Waals surface area contributed by atoms with E-state index in [1.807, 2.05) is 6.92 Å². The number of nitrogens with zero attached hydrogens (tertiary/aromatic N) is 1. The fraction of sp³-hybridized carbons (Fsp3) is 0.846. The third-order valence-corrected chi connectivity index (χ3v) is 4.41. The van der Waals surface area contributed by atoms with Crippen LogP contribution in [-0.4, -0.2) is 66.9 Å². The monoisotopic (exact) mass is 313 g/mol. The van der Waals surface area contributed by atoms with Crippen molar-refractivity contribution in [1.29, 1.82) is 0 Å². The standard InChI is InChI=1S/C13H24BN3O5/c1-2-21-14-5-3-4-9-6-17(11(19)10(15)7-18)8-13(9,16)12(20)22-14/h9-10,18H,2-8,15-16H2,1H3/t9?,10-,13-/m0/s1. The van der Waals surface area contributed by atoms with Crippen LogP contribution >= 0.6 is 0 Å². The van der Waals surface area contributed by atoms with E-state index in [0.717, 1.165) is 6.42 Å². The number of hydrogen-bond donors (Lipinski definition) is 3. The van der Waals surface area contributed by atoms with E-state index < -0.39 is 37.2 Å². The summed E-state index contributed by atoms with van der Waals surface area (Å²) in [6.07, 6.45) is 2.14. The first-order valence-electron chi connectivity index (χ1n) is 7.69. The van der Waals surface area contributed by atoms with Crippen LogP contribution in [0.25, 0.3) is 0 Å². The van der Waals surface area contributed by atoms with E-state index in [1.54, 1.807) is 0 Å². The Kier molecular flexibility index (Phi) is 5.43. The zero-order chi connectivity index (χ0) is 16.3. The lowest BCUT2D eigenvalue weighted by Gasteiger charge is -2.31. The first-order valence-corrected chi connectivity index (χ1v) is 7.69. The summed E-state index contributed by atoms with van der Waals surface area (Å²) in [4.78, 5) is 26.0. The van der Waals surface area contributed by atoms with Crippen LogP contribution < -0.4 is 11.5 Å². The number of fused-ring (bicyclic) bond motifs is 1. The predicted octanol–water partition coefficient (Wildman–Crippen LogP) is -1.68. The van der Waals surface area contributed by atoms with Gasteiger partial charge in [0, 0.05) is 25.6 Å². The minimum atomic E-state index is -1.24. The third kappa shape index (κ3) is 3.27. The normalized spacial score (nSPS) is 30.4. The van der Waals surface area contributed by atoms with Gasteiger partial charge in [-0.05, 0) is 19.7 Å². The molecule has 0 spiro atoms. The summed E-state index contributed by atoms with van der Waals surface area (Å²) in [6.45, 7) is 2.27. The van der Waals surface area contributed by atoms with Crippen molar-refractivity contribution in [3.63, 3.8) is 0 Å². The molecule has 0 aromatic heterocycles. The number of aliphatic hydroxyl groups excluding tert-OH is 1. The number of hydrogen-bond acceptors (Lipinski definition) is 7. The van der Waals surface area contributed by atoms with E-state index in [0.29, 0.717) is 25.9 Å². The van der Waals surface area contributed by atoms with Crippen LogP contribution in [-0.2, 0) is 18.9 Å². The number of carbonyl (C=O) groups is 2. The molecule has 1 amide bonds. The molecule has 1 unspecified atom stereocenters. The molecule has 0 aromatic rings. The maximum absolute atomic E-state index is 12.4. The maximum Gasteiger partial charge on any atom is 0.527 e. The van der Waals surface area contributed by atoms with E-state index >= 15 is 0 Å². The minimum Gasteiger partial charge on any atom is -0.508 e. The van der Waals surface area contributed by atoms with Gasteiger partial charge in [-0.3, -0.25) is 9.59 Å². The van der Waals surface area contributed by atoms with E-state index in [4.69, 9.17) is 25.9 Å². The van der Waals surface area contributed by atoms with Crippen molar-refractivity contribution in [2.75, 3.05) is 26.3 Å². The molecular weight excluding hydrogens is 289 g/mol. The number of carbonyl (C=O) groups excluding carboxylic acids is 2. The largest absolute Gasteiger partial charge is 0.527 e. The van der Waals surface area contributed by atoms with Crippen LogP contribution in [0, 0.1) is 5.92 Å². The molecule has 0 aromatic carbocycles. The molecule has 0 aliphatic carbocycles. The molecule has 5 N–H and O–H groups in total. The highest BCUT2D eigenvalue weighted by Crippen LogP contribution is 2.33. The van der Waals surface area contributed by atoms with Crippen molar-refractivity contribution in [3.05, 3.63) is 0 Å². The van der Waals surface area contributed by atoms with Crippen molar-refractivity contribution in [2.24, 2.45) is 17.4 Å². The molecule has 124 valence electrons. The van der Waals surface area contributed by atoms with Gasteiger partial charge in [0.25, 0.3) is 0 Å². The van der Waals surface area contributed by atoms with Gasteiger partial charge in [0.05, 0.1) is 6.61 Å². The fourth-order valence-electron chi connectivity index (χ4n) is 3.12. The molecule has 2 aliphatic rings. The third-order valence-electron chi connectivity index (χ3n) is 4.41. The highest BCUT2D eigenvalue weighted by Gasteiger charge is 2.53. The molecule has 0 bridgehead atoms. The summed E-state index contributed by atoms with van der Waals surface area (Å²) in [5.41, 5.74) is 10.6. The molecule has 2 aliphatic heterocycles. The van der Waals surface area contributed by atoms with Crippen molar-refractivity contribution in [3.8, 4) is 0 Å². The Morgan fingerprint density at radius 1 is 1.68 bits per heavy atom. The molecule has 0 saturated carbocycles. The number of amides is 1. The number of likely N-dealkylation sites (tertiary alicyclic amines) is 1. The molecule has 2 fully saturated rings. The Morgan fingerprint density at radius 3 is 3.05 bits per heavy atom. The van der Waals surface area contributed by atoms with Crippen LogP contribution in [0.4, 0.5) is 0 Å². The van der Waals surface area contributed by atoms with Gasteiger partial charge >= 0.3 is 13.1 Å². The topological polar surface area (TPSA) is 128 Å². The minimum absolute atomic E-state index is 0.0574. The lowest BCUT2D eigenvalue weighted by Crippen LogP contribution is -2.58. The van der Waals surface area contributed by atoms with Gasteiger partial charge in [0.2, 0.25) is 5.91 Å². The Hall–Kier alpha value is -1.16. The van der Waals surface area contributed by atoms with Crippen molar-refractivity contribution >= 4 is 19.0 Å². The van der Waals surface area contributed by atoms with Gasteiger partial charge in [0.15, 0.2) is 0 Å². The molecule has 9 heteroatoms. The average molecular weight is 313 g/mol. The Labute approximate surface area is 130 Å². The van der Waals surface area contributed by atoms with E-state index in [9.17, 15) is 9.59 Å². The van der Waals surface area contributed by atoms with Crippen LogP contribution in [0.1, 0.15) is 19.8 Å². The summed E-state index contributed by atoms with van der Waals surface area (Å²) in [5.74, 6) is -1.10. The molecule has 22 heavy (non-hydrogen) atoms. The molecular formula is C13H24BN3O5. The summed E-state index contributed by atoms with van der Waals surface area (Å²) >= 11 is 0. The van der Waals surface area contributed by atoms with Crippen molar-refractivity contribution in [1.82, 2.24) is 4.90 Å². The molecule has 2 heterocycles. The lowest BCUT2D eigenvalue weighted by molar-refractivity contribution is -0.143. The van der Waals surface area contributed by atoms with Gasteiger partial charge in [-0.2, -0.15) is 0 Å². The second-order valence-electron chi connectivity index (χ2n) is 5.97. The summed E-state index contributed by atoms with van der Waals surface area (Å²) < 4.78 is 10.7. The fourth-order valence-corrected chi connectivity index (χ4v) is 3.12. The van der Waals surface area contributed by atoms with Gasteiger partial charge in [-0.1, -0.05) is 6.42 Å². The average Bonchev–Trinajstić information content (AvgIpc) is 2.82. The van der Waals surface area contributed by atoms with Crippen molar-refractivity contribution in [2.45, 2.75) is 37.7 Å². The lowest BCUT2D eigenvalue weighted by atomic mass is 9.74. The Bertz CT molecular complexity index is 438. The number of aliphatic hydroxyl groups is 1. The van der Waals surface area contributed by atoms with Crippen LogP contribution in [0.2, 0.25) is 6.32 Å². The summed E-state index contributed by atoms with van der Waals surface area (Å²) in [5, 5.41) is 9.01. The first kappa shape index (κ1) is 17.2. The van der Waals surface area contributed by atoms with Crippen LogP contribution in [0.3, 0.4) is 0 Å². The highest BCUT2D eigenvalue weighted by molar-refractivity contribution is 6.47. The van der Waals surface area contributed by atoms with Gasteiger partial charge in [-0.15, -0.1) is 0 Å². The second-order valence-corrected chi connectivity index (χ2v) is 5.97. The predicted molar refractivity (Wildman–Crippen MR) is 79.6 cm³/mol. The number of nitrogens with two attached hydrogens (primary N) is 2. The highest BCUT2D eigenvalue weighted by atomic mass is 16.6. The van der Waals surface area contributed by atoms with Gasteiger partial charge < -0.3 is 30.8 Å². The van der Waals surface area contributed by atoms with Crippen molar-refractivity contribution < 1.29 is 24.0 Å². The quantitative estimate of drug-likeness (QED) is 0.529. The maximum atomic E-state index is 12.4. The number of rotatable bonds is 4. The molecule has 3 atom stereocenters. The summed E-state index contributed by atoms with van der Waals surface area (Å²) in [7, 11) is -0.580. The molecule has 0 radical (unpaired) electrons. The summed E-state index contributed by atoms with van der Waals surface area (Å²) in [6, 6.07) is -0.986. The molecule has 2 rings (SSSR count). The molecule has 8 nitrogen and oxygen atoms in total. The van der Waals surface area contributed by atoms with Crippen LogP contribution in [0.15, 0.2) is 0 Å². The zero-order valence-corrected chi connectivity index (χ0v) is 12.9. The Morgan fingerprint density at radius 2 is 2.41 bits per heavy atom. The van der Waals surface area contributed by atoms with E-state index in [2.05, 4.69) is 0 Å². The van der Waals surface area contributed by atoms with Gasteiger partial charge in [-0.25, -0.2) is 0 Å². The smallest absolute Gasteiger partial charge is 0.508 e. The first-order chi connectivity index (χ1) is 10.4. The molecule has 2 saturated heterocycles. The SMILES string of the molecule is CCOB1CCCC2CN(C(=O)[C@@H](N)CO)C[C@@]2(N)C(=O)O1.